The summed E-state index contributed by atoms with van der Waals surface area (Å²) in [5.41, 5.74) is 1.44. The highest BCUT2D eigenvalue weighted by molar-refractivity contribution is 5.98. The van der Waals surface area contributed by atoms with Crippen LogP contribution in [0.2, 0.25) is 0 Å². The number of nitrogens with one attached hydrogen (secondary N) is 1. The monoisotopic (exact) mass is 449 g/mol. The number of piperidine rings is 1. The van der Waals surface area contributed by atoms with Crippen LogP contribution in [0.1, 0.15) is 42.6 Å². The van der Waals surface area contributed by atoms with Crippen LogP contribution in [0.5, 0.6) is 11.5 Å². The number of pyridine rings is 1. The number of fused-ring (bicyclic) bond motifs is 1. The quantitative estimate of drug-likeness (QED) is 0.602. The third kappa shape index (κ3) is 4.83. The Kier molecular flexibility index (Phi) is 6.22. The van der Waals surface area contributed by atoms with E-state index in [1.54, 1.807) is 19.5 Å². The number of rotatable bonds is 6. The van der Waals surface area contributed by atoms with Gasteiger partial charge in [-0.1, -0.05) is 0 Å². The Balaban J connectivity index is 1.15. The molecule has 1 spiro atoms. The molecular weight excluding hydrogens is 418 g/mol. The average molecular weight is 450 g/mol. The lowest BCUT2D eigenvalue weighted by Gasteiger charge is -2.46. The third-order valence-electron chi connectivity index (χ3n) is 7.06. The van der Waals surface area contributed by atoms with Gasteiger partial charge < -0.3 is 24.1 Å². The maximum atomic E-state index is 13.1. The van der Waals surface area contributed by atoms with Crippen molar-refractivity contribution in [1.29, 1.82) is 0 Å². The van der Waals surface area contributed by atoms with E-state index >= 15 is 0 Å². The molecule has 5 rings (SSSR count). The van der Waals surface area contributed by atoms with Crippen LogP contribution in [0.4, 0.5) is 0 Å². The highest BCUT2D eigenvalue weighted by atomic mass is 16.5. The van der Waals surface area contributed by atoms with Crippen molar-refractivity contribution in [1.82, 2.24) is 14.9 Å². The SMILES string of the molecule is COc1ccc2cc(C(=O)N3CCC4(CC3)CC(CCOc3ccncc3)CCO4)[nH]c2c1. The number of carbonyl (C=O) groups excluding carboxylic acids is 1. The molecule has 0 saturated carbocycles. The van der Waals surface area contributed by atoms with Crippen molar-refractivity contribution in [3.8, 4) is 11.5 Å². The Morgan fingerprint density at radius 3 is 2.79 bits per heavy atom. The van der Waals surface area contributed by atoms with Crippen LogP contribution in [0, 0.1) is 5.92 Å². The van der Waals surface area contributed by atoms with Crippen LogP contribution in [-0.4, -0.2) is 59.8 Å². The molecule has 1 amide bonds. The van der Waals surface area contributed by atoms with Gasteiger partial charge in [0.15, 0.2) is 0 Å². The number of hydrogen-bond acceptors (Lipinski definition) is 5. The summed E-state index contributed by atoms with van der Waals surface area (Å²) in [6.45, 7) is 2.94. The van der Waals surface area contributed by atoms with Crippen LogP contribution in [0.25, 0.3) is 10.9 Å². The predicted octanol–water partition coefficient (Wildman–Crippen LogP) is 4.44. The second kappa shape index (κ2) is 9.43. The van der Waals surface area contributed by atoms with E-state index in [2.05, 4.69) is 9.97 Å². The Hall–Kier alpha value is -3.06. The number of hydrogen-bond donors (Lipinski definition) is 1. The molecule has 2 aliphatic heterocycles. The fraction of sp³-hybridized carbons (Fsp3) is 0.462. The number of ether oxygens (including phenoxy) is 3. The molecule has 3 aromatic rings. The fourth-order valence-corrected chi connectivity index (χ4v) is 5.14. The minimum Gasteiger partial charge on any atom is -0.497 e. The van der Waals surface area contributed by atoms with Crippen molar-refractivity contribution in [2.45, 2.75) is 37.7 Å². The molecule has 2 aromatic heterocycles. The van der Waals surface area contributed by atoms with Gasteiger partial charge in [-0.25, -0.2) is 0 Å². The standard InChI is InChI=1S/C26H31N3O4/c1-31-22-3-2-20-16-24(28-23(20)17-22)25(30)29-12-8-26(9-13-29)18-19(7-15-33-26)6-14-32-21-4-10-27-11-5-21/h2-5,10-11,16-17,19,28H,6-9,12-15,18H2,1H3. The van der Waals surface area contributed by atoms with E-state index in [0.29, 0.717) is 18.2 Å². The fourth-order valence-electron chi connectivity index (χ4n) is 5.14. The zero-order valence-electron chi connectivity index (χ0n) is 19.1. The topological polar surface area (TPSA) is 76.7 Å². The molecule has 1 atom stereocenters. The number of carbonyl (C=O) groups is 1. The van der Waals surface area contributed by atoms with E-state index in [9.17, 15) is 4.79 Å². The highest BCUT2D eigenvalue weighted by Gasteiger charge is 2.41. The number of methoxy groups -OCH3 is 1. The zero-order chi connectivity index (χ0) is 22.7. The van der Waals surface area contributed by atoms with Gasteiger partial charge in [-0.2, -0.15) is 0 Å². The zero-order valence-corrected chi connectivity index (χ0v) is 19.1. The molecule has 0 bridgehead atoms. The van der Waals surface area contributed by atoms with Gasteiger partial charge in [0.2, 0.25) is 0 Å². The Morgan fingerprint density at radius 1 is 1.18 bits per heavy atom. The molecule has 0 aliphatic carbocycles. The van der Waals surface area contributed by atoms with E-state index in [0.717, 1.165) is 74.2 Å². The Morgan fingerprint density at radius 2 is 2.00 bits per heavy atom. The summed E-state index contributed by atoms with van der Waals surface area (Å²) >= 11 is 0. The van der Waals surface area contributed by atoms with Crippen molar-refractivity contribution < 1.29 is 19.0 Å². The Bertz CT molecular complexity index is 1090. The first kappa shape index (κ1) is 21.8. The molecule has 7 nitrogen and oxygen atoms in total. The van der Waals surface area contributed by atoms with E-state index in [1.165, 1.54) is 0 Å². The van der Waals surface area contributed by atoms with Gasteiger partial charge in [-0.15, -0.1) is 0 Å². The average Bonchev–Trinajstić information content (AvgIpc) is 3.28. The maximum Gasteiger partial charge on any atom is 0.270 e. The van der Waals surface area contributed by atoms with Gasteiger partial charge in [0.05, 0.1) is 19.3 Å². The second-order valence-corrected chi connectivity index (χ2v) is 9.14. The molecular formula is C26H31N3O4. The van der Waals surface area contributed by atoms with Crippen molar-refractivity contribution in [3.05, 3.63) is 54.5 Å². The van der Waals surface area contributed by atoms with Crippen molar-refractivity contribution >= 4 is 16.8 Å². The highest BCUT2D eigenvalue weighted by Crippen LogP contribution is 2.39. The summed E-state index contributed by atoms with van der Waals surface area (Å²) in [7, 11) is 1.64. The van der Waals surface area contributed by atoms with Crippen molar-refractivity contribution in [2.75, 3.05) is 33.4 Å². The van der Waals surface area contributed by atoms with E-state index < -0.39 is 0 Å². The number of nitrogens with zero attached hydrogens (tertiary/aromatic N) is 2. The number of aromatic amines is 1. The van der Waals surface area contributed by atoms with Crippen LogP contribution in [-0.2, 0) is 4.74 Å². The van der Waals surface area contributed by atoms with Crippen LogP contribution < -0.4 is 9.47 Å². The lowest BCUT2D eigenvalue weighted by atomic mass is 9.78. The predicted molar refractivity (Wildman–Crippen MR) is 126 cm³/mol. The minimum absolute atomic E-state index is 0.0538. The number of likely N-dealkylation sites (tertiary alicyclic amines) is 1. The first-order valence-electron chi connectivity index (χ1n) is 11.8. The third-order valence-corrected chi connectivity index (χ3v) is 7.06. The Labute approximate surface area is 194 Å². The van der Waals surface area contributed by atoms with Gasteiger partial charge >= 0.3 is 0 Å². The number of aromatic nitrogens is 2. The summed E-state index contributed by atoms with van der Waals surface area (Å²) in [5.74, 6) is 2.29. The van der Waals surface area contributed by atoms with Crippen molar-refractivity contribution in [2.24, 2.45) is 5.92 Å². The van der Waals surface area contributed by atoms with Crippen molar-refractivity contribution in [3.63, 3.8) is 0 Å². The van der Waals surface area contributed by atoms with E-state index in [4.69, 9.17) is 14.2 Å². The molecule has 4 heterocycles. The summed E-state index contributed by atoms with van der Waals surface area (Å²) in [4.78, 5) is 22.4. The molecule has 1 N–H and O–H groups in total. The van der Waals surface area contributed by atoms with Gasteiger partial charge in [0.1, 0.15) is 17.2 Å². The molecule has 7 heteroatoms. The number of H-pyrrole nitrogens is 1. The molecule has 2 fully saturated rings. The van der Waals surface area contributed by atoms with Gasteiger partial charge in [-0.05, 0) is 68.4 Å². The first-order chi connectivity index (χ1) is 16.1. The summed E-state index contributed by atoms with van der Waals surface area (Å²) in [5, 5.41) is 1.01. The second-order valence-electron chi connectivity index (χ2n) is 9.14. The van der Waals surface area contributed by atoms with Gasteiger partial charge in [-0.3, -0.25) is 9.78 Å². The van der Waals surface area contributed by atoms with Crippen LogP contribution >= 0.6 is 0 Å². The largest absolute Gasteiger partial charge is 0.497 e. The molecule has 1 aromatic carbocycles. The molecule has 2 saturated heterocycles. The summed E-state index contributed by atoms with van der Waals surface area (Å²) < 4.78 is 17.5. The smallest absolute Gasteiger partial charge is 0.270 e. The normalized spacial score (nSPS) is 20.2. The van der Waals surface area contributed by atoms with E-state index in [1.807, 2.05) is 41.3 Å². The molecule has 33 heavy (non-hydrogen) atoms. The first-order valence-corrected chi connectivity index (χ1v) is 11.8. The number of benzene rings is 1. The minimum atomic E-state index is -0.107. The lowest BCUT2D eigenvalue weighted by Crippen LogP contribution is -2.51. The molecule has 0 radical (unpaired) electrons. The maximum absolute atomic E-state index is 13.1. The molecule has 2 aliphatic rings. The van der Waals surface area contributed by atoms with E-state index in [-0.39, 0.29) is 11.5 Å². The van der Waals surface area contributed by atoms with Crippen LogP contribution in [0.15, 0.2) is 48.8 Å². The summed E-state index contributed by atoms with van der Waals surface area (Å²) in [6.07, 6.45) is 8.40. The molecule has 174 valence electrons. The van der Waals surface area contributed by atoms with Gasteiger partial charge in [0, 0.05) is 49.1 Å². The summed E-state index contributed by atoms with van der Waals surface area (Å²) in [6, 6.07) is 11.5. The van der Waals surface area contributed by atoms with Gasteiger partial charge in [0.25, 0.3) is 5.91 Å². The van der Waals surface area contributed by atoms with Crippen LogP contribution in [0.3, 0.4) is 0 Å². The molecule has 1 unspecified atom stereocenters. The lowest BCUT2D eigenvalue weighted by molar-refractivity contribution is -0.125. The number of amides is 1.